The summed E-state index contributed by atoms with van der Waals surface area (Å²) < 4.78 is 20.2. The van der Waals surface area contributed by atoms with Gasteiger partial charge in [0.25, 0.3) is 0 Å². The van der Waals surface area contributed by atoms with Gasteiger partial charge < -0.3 is 9.87 Å². The molecule has 2 N–H and O–H groups in total. The van der Waals surface area contributed by atoms with E-state index in [1.165, 1.54) is 6.20 Å². The Morgan fingerprint density at radius 1 is 1.35 bits per heavy atom. The Morgan fingerprint density at radius 3 is 2.88 bits per heavy atom. The number of anilines is 2. The first-order valence-electron chi connectivity index (χ1n) is 5.05. The van der Waals surface area contributed by atoms with Crippen LogP contribution in [0.3, 0.4) is 0 Å². The molecule has 0 saturated carbocycles. The van der Waals surface area contributed by atoms with E-state index in [-0.39, 0.29) is 4.90 Å². The molecule has 1 aromatic heterocycles. The average Bonchev–Trinajstić information content (AvgIpc) is 2.29. The maximum Gasteiger partial charge on any atom is 0.190 e. The van der Waals surface area contributed by atoms with E-state index in [1.807, 2.05) is 31.2 Å². The lowest BCUT2D eigenvalue weighted by molar-refractivity contribution is 0.564. The lowest BCUT2D eigenvalue weighted by Gasteiger charge is -2.09. The maximum atomic E-state index is 11.1. The third-order valence-corrected chi connectivity index (χ3v) is 2.97. The molecule has 5 heteroatoms. The second-order valence-electron chi connectivity index (χ2n) is 3.62. The highest BCUT2D eigenvalue weighted by Crippen LogP contribution is 2.22. The van der Waals surface area contributed by atoms with Crippen LogP contribution >= 0.6 is 0 Å². The van der Waals surface area contributed by atoms with Gasteiger partial charge in [0.2, 0.25) is 0 Å². The Bertz CT molecular complexity index is 558. The molecule has 0 fully saturated rings. The van der Waals surface area contributed by atoms with Gasteiger partial charge in [-0.05, 0) is 30.7 Å². The number of rotatable bonds is 3. The zero-order valence-corrected chi connectivity index (χ0v) is 10.1. The summed E-state index contributed by atoms with van der Waals surface area (Å²) in [6.45, 7) is 1.99. The van der Waals surface area contributed by atoms with Gasteiger partial charge in [-0.25, -0.2) is 4.21 Å². The summed E-state index contributed by atoms with van der Waals surface area (Å²) in [4.78, 5) is 4.10. The molecule has 1 atom stereocenters. The Balaban J connectivity index is 2.33. The van der Waals surface area contributed by atoms with E-state index in [0.717, 1.165) is 11.3 Å². The lowest BCUT2D eigenvalue weighted by Crippen LogP contribution is -1.98. The van der Waals surface area contributed by atoms with Crippen molar-refractivity contribution in [1.29, 1.82) is 0 Å². The first-order chi connectivity index (χ1) is 8.16. The fourth-order valence-electron chi connectivity index (χ4n) is 1.50. The first-order valence-corrected chi connectivity index (χ1v) is 6.16. The highest BCUT2D eigenvalue weighted by molar-refractivity contribution is 7.79. The summed E-state index contributed by atoms with van der Waals surface area (Å²) in [6, 6.07) is 9.45. The largest absolute Gasteiger partial charge is 0.354 e. The predicted octanol–water partition coefficient (Wildman–Crippen LogP) is 2.71. The predicted molar refractivity (Wildman–Crippen MR) is 67.7 cm³/mol. The van der Waals surface area contributed by atoms with E-state index in [9.17, 15) is 4.21 Å². The lowest BCUT2D eigenvalue weighted by atomic mass is 10.2. The number of pyridine rings is 1. The molecule has 0 spiro atoms. The van der Waals surface area contributed by atoms with Crippen LogP contribution in [-0.4, -0.2) is 13.7 Å². The van der Waals surface area contributed by atoms with E-state index in [2.05, 4.69) is 10.3 Å². The summed E-state index contributed by atoms with van der Waals surface area (Å²) in [5.74, 6) is 0. The van der Waals surface area contributed by atoms with Crippen molar-refractivity contribution in [2.45, 2.75) is 11.8 Å². The molecular formula is C12H12N2O2S. The number of aryl methyl sites for hydroxylation is 1. The Hall–Kier alpha value is -1.72. The van der Waals surface area contributed by atoms with Crippen molar-refractivity contribution in [3.8, 4) is 0 Å². The Morgan fingerprint density at radius 2 is 2.18 bits per heavy atom. The van der Waals surface area contributed by atoms with Crippen LogP contribution in [-0.2, 0) is 11.1 Å². The number of hydrogen-bond acceptors (Lipinski definition) is 3. The summed E-state index contributed by atoms with van der Waals surface area (Å²) in [7, 11) is 0. The van der Waals surface area contributed by atoms with Crippen LogP contribution in [0.4, 0.5) is 11.4 Å². The molecule has 17 heavy (non-hydrogen) atoms. The van der Waals surface area contributed by atoms with Gasteiger partial charge in [-0.3, -0.25) is 4.98 Å². The summed E-state index contributed by atoms with van der Waals surface area (Å²) in [5.41, 5.74) is 2.59. The first kappa shape index (κ1) is 11.8. The van der Waals surface area contributed by atoms with Crippen LogP contribution in [0.2, 0.25) is 0 Å². The number of nitrogens with one attached hydrogen (secondary N) is 1. The molecule has 0 aliphatic carbocycles. The zero-order valence-electron chi connectivity index (χ0n) is 9.25. The molecule has 1 aromatic carbocycles. The molecule has 2 rings (SSSR count). The van der Waals surface area contributed by atoms with Gasteiger partial charge >= 0.3 is 0 Å². The van der Waals surface area contributed by atoms with Crippen molar-refractivity contribution in [2.24, 2.45) is 0 Å². The van der Waals surface area contributed by atoms with Gasteiger partial charge in [0, 0.05) is 18.1 Å². The maximum absolute atomic E-state index is 11.1. The quantitative estimate of drug-likeness (QED) is 0.820. The van der Waals surface area contributed by atoms with Crippen LogP contribution in [0.25, 0.3) is 0 Å². The Kier molecular flexibility index (Phi) is 3.51. The number of nitrogens with zero attached hydrogens (tertiary/aromatic N) is 1. The van der Waals surface area contributed by atoms with Crippen molar-refractivity contribution in [3.63, 3.8) is 0 Å². The summed E-state index contributed by atoms with van der Waals surface area (Å²) >= 11 is -2.04. The number of aromatic nitrogens is 1. The van der Waals surface area contributed by atoms with Crippen molar-refractivity contribution in [1.82, 2.24) is 4.98 Å². The molecule has 0 aliphatic rings. The normalized spacial score (nSPS) is 12.1. The van der Waals surface area contributed by atoms with Crippen LogP contribution in [0.15, 0.2) is 47.6 Å². The molecule has 0 amide bonds. The molecule has 0 saturated heterocycles. The van der Waals surface area contributed by atoms with Crippen LogP contribution in [0, 0.1) is 6.92 Å². The van der Waals surface area contributed by atoms with Crippen molar-refractivity contribution in [3.05, 3.63) is 48.3 Å². The molecule has 88 valence electrons. The SMILES string of the molecule is Cc1cccc(Nc2ccncc2S(=O)O)c1. The molecule has 4 nitrogen and oxygen atoms in total. The molecule has 1 unspecified atom stereocenters. The van der Waals surface area contributed by atoms with Crippen LogP contribution < -0.4 is 5.32 Å². The second kappa shape index (κ2) is 5.07. The van der Waals surface area contributed by atoms with Gasteiger partial charge in [0.15, 0.2) is 11.1 Å². The minimum absolute atomic E-state index is 0.272. The van der Waals surface area contributed by atoms with E-state index in [4.69, 9.17) is 4.55 Å². The minimum Gasteiger partial charge on any atom is -0.354 e. The van der Waals surface area contributed by atoms with Crippen molar-refractivity contribution in [2.75, 3.05) is 5.32 Å². The van der Waals surface area contributed by atoms with Crippen molar-refractivity contribution >= 4 is 22.5 Å². The molecule has 0 bridgehead atoms. The van der Waals surface area contributed by atoms with Crippen LogP contribution in [0.5, 0.6) is 0 Å². The standard InChI is InChI=1S/C12H12N2O2S/c1-9-3-2-4-10(7-9)14-11-5-6-13-8-12(11)17(15)16/h2-8H,1H3,(H,13,14)(H,15,16). The number of hydrogen-bond donors (Lipinski definition) is 2. The monoisotopic (exact) mass is 248 g/mol. The highest BCUT2D eigenvalue weighted by Gasteiger charge is 2.07. The van der Waals surface area contributed by atoms with Crippen LogP contribution in [0.1, 0.15) is 5.56 Å². The third-order valence-electron chi connectivity index (χ3n) is 2.27. The van der Waals surface area contributed by atoms with Crippen molar-refractivity contribution < 1.29 is 8.76 Å². The van der Waals surface area contributed by atoms with E-state index in [1.54, 1.807) is 12.3 Å². The van der Waals surface area contributed by atoms with E-state index in [0.29, 0.717) is 5.69 Å². The average molecular weight is 248 g/mol. The molecule has 1 heterocycles. The van der Waals surface area contributed by atoms with Gasteiger partial charge in [-0.1, -0.05) is 12.1 Å². The smallest absolute Gasteiger partial charge is 0.190 e. The highest BCUT2D eigenvalue weighted by atomic mass is 32.2. The van der Waals surface area contributed by atoms with E-state index >= 15 is 0 Å². The van der Waals surface area contributed by atoms with Gasteiger partial charge in [0.1, 0.15) is 4.90 Å². The fraction of sp³-hybridized carbons (Fsp3) is 0.0833. The molecular weight excluding hydrogens is 236 g/mol. The number of benzene rings is 1. The Labute approximate surface area is 102 Å². The fourth-order valence-corrected chi connectivity index (χ4v) is 1.96. The minimum atomic E-state index is -2.04. The van der Waals surface area contributed by atoms with E-state index < -0.39 is 11.1 Å². The van der Waals surface area contributed by atoms with Gasteiger partial charge in [-0.2, -0.15) is 0 Å². The summed E-state index contributed by atoms with van der Waals surface area (Å²) in [6.07, 6.45) is 2.96. The third kappa shape index (κ3) is 2.89. The molecule has 2 aromatic rings. The molecule has 0 aliphatic heterocycles. The van der Waals surface area contributed by atoms with Gasteiger partial charge in [0.05, 0.1) is 5.69 Å². The zero-order chi connectivity index (χ0) is 12.3. The topological polar surface area (TPSA) is 62.2 Å². The second-order valence-corrected chi connectivity index (χ2v) is 4.55. The molecule has 0 radical (unpaired) electrons. The van der Waals surface area contributed by atoms with Gasteiger partial charge in [-0.15, -0.1) is 0 Å². The summed E-state index contributed by atoms with van der Waals surface area (Å²) in [5, 5.41) is 3.10.